The van der Waals surface area contributed by atoms with Gasteiger partial charge in [-0.25, -0.2) is 0 Å². The summed E-state index contributed by atoms with van der Waals surface area (Å²) in [5, 5.41) is 2.67. The van der Waals surface area contributed by atoms with E-state index in [1.165, 1.54) is 24.3 Å². The number of carbonyl (C=O) groups excluding carboxylic acids is 1. The topological polar surface area (TPSA) is 132 Å². The summed E-state index contributed by atoms with van der Waals surface area (Å²) < 4.78 is 28.5. The number of pyridine rings is 1. The molecular formula is C14H16ClN5O3S. The molecule has 0 atom stereocenters. The Kier molecular flexibility index (Phi) is 6.69. The van der Waals surface area contributed by atoms with Crippen LogP contribution in [0.15, 0.2) is 64.2 Å². The summed E-state index contributed by atoms with van der Waals surface area (Å²) in [6, 6.07) is 11.0. The van der Waals surface area contributed by atoms with E-state index in [4.69, 9.17) is 11.5 Å². The quantitative estimate of drug-likeness (QED) is 0.287. The molecule has 0 spiro atoms. The second-order valence-electron chi connectivity index (χ2n) is 4.61. The number of nitrogens with zero attached hydrogens (tertiary/aromatic N) is 2. The first-order chi connectivity index (χ1) is 10.9. The van der Waals surface area contributed by atoms with E-state index in [0.29, 0.717) is 5.69 Å². The number of halogens is 1. The van der Waals surface area contributed by atoms with Crippen molar-refractivity contribution in [2.75, 3.05) is 5.32 Å². The number of carbonyl (C=O) groups is 1. The molecule has 8 nitrogen and oxygen atoms in total. The molecule has 0 saturated heterocycles. The molecular weight excluding hydrogens is 354 g/mol. The lowest BCUT2D eigenvalue weighted by Gasteiger charge is -2.04. The number of aromatic nitrogens is 1. The number of hydrogen-bond donors (Lipinski definition) is 3. The average molecular weight is 370 g/mol. The highest BCUT2D eigenvalue weighted by atomic mass is 35.5. The number of nitrogens with two attached hydrogens (primary N) is 2. The van der Waals surface area contributed by atoms with Gasteiger partial charge >= 0.3 is 0 Å². The first kappa shape index (κ1) is 19.4. The van der Waals surface area contributed by atoms with Crippen LogP contribution in [0.1, 0.15) is 0 Å². The second-order valence-corrected chi connectivity index (χ2v) is 6.22. The van der Waals surface area contributed by atoms with Crippen molar-refractivity contribution in [3.63, 3.8) is 0 Å². The molecule has 0 radical (unpaired) electrons. The smallest absolute Gasteiger partial charge is 0.290 e. The van der Waals surface area contributed by atoms with Gasteiger partial charge in [0, 0.05) is 17.8 Å². The molecule has 0 aliphatic heterocycles. The molecule has 1 aromatic carbocycles. The number of benzene rings is 1. The van der Waals surface area contributed by atoms with Crippen LogP contribution in [-0.4, -0.2) is 20.3 Å². The molecule has 0 aliphatic carbocycles. The number of sulfonamides is 1. The largest absolute Gasteiger partial charge is 1.00 e. The number of anilines is 1. The van der Waals surface area contributed by atoms with Gasteiger partial charge in [0.2, 0.25) is 12.5 Å². The van der Waals surface area contributed by atoms with E-state index in [-0.39, 0.29) is 29.8 Å². The SMILES string of the molecule is NC(N)=NS(=O)(=O)c1ccc(NC(=O)C[n+]2ccccc2)cc1.[Cl-]. The predicted octanol–water partition coefficient (Wildman–Crippen LogP) is -3.42. The Morgan fingerprint density at radius 1 is 1.08 bits per heavy atom. The lowest BCUT2D eigenvalue weighted by molar-refractivity contribution is -0.684. The maximum atomic E-state index is 11.9. The van der Waals surface area contributed by atoms with Crippen molar-refractivity contribution in [2.45, 2.75) is 11.4 Å². The fourth-order valence-electron chi connectivity index (χ4n) is 1.81. The molecule has 5 N–H and O–H groups in total. The molecule has 0 saturated carbocycles. The van der Waals surface area contributed by atoms with Gasteiger partial charge in [-0.3, -0.25) is 4.79 Å². The Morgan fingerprint density at radius 2 is 1.67 bits per heavy atom. The number of nitrogens with one attached hydrogen (secondary N) is 1. The van der Waals surface area contributed by atoms with Gasteiger partial charge < -0.3 is 29.2 Å². The van der Waals surface area contributed by atoms with Crippen LogP contribution in [0.3, 0.4) is 0 Å². The normalized spacial score (nSPS) is 10.3. The summed E-state index contributed by atoms with van der Waals surface area (Å²) in [6.45, 7) is 0.148. The Balaban J connectivity index is 0.00000288. The zero-order chi connectivity index (χ0) is 16.9. The molecule has 0 aliphatic rings. The van der Waals surface area contributed by atoms with Crippen LogP contribution in [0.25, 0.3) is 0 Å². The predicted molar refractivity (Wildman–Crippen MR) is 84.7 cm³/mol. The zero-order valence-electron chi connectivity index (χ0n) is 12.5. The standard InChI is InChI=1S/C14H15N5O3S.ClH/c15-14(16)18-23(21,22)12-6-4-11(5-7-12)17-13(20)10-19-8-2-1-3-9-19;/h1-9H,10H2,(H4-,15,16,17,18,20);1H. The van der Waals surface area contributed by atoms with Gasteiger partial charge in [0.15, 0.2) is 12.4 Å². The molecule has 24 heavy (non-hydrogen) atoms. The number of hydrogen-bond acceptors (Lipinski definition) is 3. The monoisotopic (exact) mass is 369 g/mol. The maximum absolute atomic E-state index is 11.9. The molecule has 0 bridgehead atoms. The lowest BCUT2D eigenvalue weighted by Crippen LogP contribution is -3.00. The molecule has 2 rings (SSSR count). The summed E-state index contributed by atoms with van der Waals surface area (Å²) in [6.07, 6.45) is 3.54. The van der Waals surface area contributed by atoms with E-state index >= 15 is 0 Å². The Bertz CT molecular complexity index is 819. The van der Waals surface area contributed by atoms with Crippen molar-refractivity contribution in [3.8, 4) is 0 Å². The van der Waals surface area contributed by atoms with Gasteiger partial charge in [0.1, 0.15) is 0 Å². The highest BCUT2D eigenvalue weighted by molar-refractivity contribution is 7.90. The summed E-state index contributed by atoms with van der Waals surface area (Å²) in [5.41, 5.74) is 10.6. The minimum atomic E-state index is -3.93. The molecule has 0 fully saturated rings. The highest BCUT2D eigenvalue weighted by Gasteiger charge is 2.14. The van der Waals surface area contributed by atoms with Gasteiger partial charge in [0.05, 0.1) is 4.90 Å². The Morgan fingerprint density at radius 3 is 2.21 bits per heavy atom. The van der Waals surface area contributed by atoms with Crippen LogP contribution < -0.4 is 33.8 Å². The van der Waals surface area contributed by atoms with Crippen molar-refractivity contribution >= 4 is 27.6 Å². The van der Waals surface area contributed by atoms with Gasteiger partial charge in [-0.15, -0.1) is 4.40 Å². The van der Waals surface area contributed by atoms with Gasteiger partial charge in [-0.05, 0) is 24.3 Å². The van der Waals surface area contributed by atoms with E-state index in [9.17, 15) is 13.2 Å². The fraction of sp³-hybridized carbons (Fsp3) is 0.0714. The van der Waals surface area contributed by atoms with Crippen molar-refractivity contribution in [1.29, 1.82) is 0 Å². The third kappa shape index (κ3) is 5.52. The van der Waals surface area contributed by atoms with E-state index in [1.54, 1.807) is 17.0 Å². The van der Waals surface area contributed by atoms with Crippen LogP contribution in [0.4, 0.5) is 5.69 Å². The van der Waals surface area contributed by atoms with Crippen LogP contribution in [0.5, 0.6) is 0 Å². The fourth-order valence-corrected chi connectivity index (χ4v) is 2.67. The van der Waals surface area contributed by atoms with Crippen LogP contribution in [-0.2, 0) is 21.4 Å². The van der Waals surface area contributed by atoms with E-state index < -0.39 is 16.0 Å². The van der Waals surface area contributed by atoms with Gasteiger partial charge in [-0.2, -0.15) is 13.0 Å². The number of guanidine groups is 1. The number of amides is 1. The average Bonchev–Trinajstić information content (AvgIpc) is 2.47. The first-order valence-electron chi connectivity index (χ1n) is 6.57. The van der Waals surface area contributed by atoms with E-state index in [2.05, 4.69) is 9.71 Å². The van der Waals surface area contributed by atoms with Crippen molar-refractivity contribution in [2.24, 2.45) is 15.9 Å². The van der Waals surface area contributed by atoms with Crippen LogP contribution >= 0.6 is 0 Å². The summed E-state index contributed by atoms with van der Waals surface area (Å²) in [7, 11) is -3.93. The van der Waals surface area contributed by atoms with Crippen molar-refractivity contribution < 1.29 is 30.2 Å². The van der Waals surface area contributed by atoms with E-state index in [1.807, 2.05) is 18.2 Å². The summed E-state index contributed by atoms with van der Waals surface area (Å²) in [4.78, 5) is 11.8. The second kappa shape index (κ2) is 8.27. The van der Waals surface area contributed by atoms with Gasteiger partial charge in [-0.1, -0.05) is 6.07 Å². The number of rotatable bonds is 5. The van der Waals surface area contributed by atoms with Gasteiger partial charge in [0.25, 0.3) is 15.9 Å². The first-order valence-corrected chi connectivity index (χ1v) is 8.01. The molecule has 10 heteroatoms. The van der Waals surface area contributed by atoms with Crippen molar-refractivity contribution in [1.82, 2.24) is 0 Å². The minimum Gasteiger partial charge on any atom is -1.00 e. The molecule has 1 aromatic heterocycles. The van der Waals surface area contributed by atoms with Crippen LogP contribution in [0.2, 0.25) is 0 Å². The molecule has 1 heterocycles. The summed E-state index contributed by atoms with van der Waals surface area (Å²) in [5.74, 6) is -0.775. The zero-order valence-corrected chi connectivity index (χ0v) is 14.0. The molecule has 2 aromatic rings. The lowest BCUT2D eigenvalue weighted by atomic mass is 10.3. The van der Waals surface area contributed by atoms with Crippen molar-refractivity contribution in [3.05, 3.63) is 54.9 Å². The highest BCUT2D eigenvalue weighted by Crippen LogP contribution is 2.16. The Hall–Kier alpha value is -2.65. The van der Waals surface area contributed by atoms with E-state index in [0.717, 1.165) is 0 Å². The minimum absolute atomic E-state index is 0. The molecule has 0 unspecified atom stereocenters. The van der Waals surface area contributed by atoms with Crippen LogP contribution in [0, 0.1) is 0 Å². The third-order valence-electron chi connectivity index (χ3n) is 2.77. The molecule has 128 valence electrons. The maximum Gasteiger partial charge on any atom is 0.290 e. The summed E-state index contributed by atoms with van der Waals surface area (Å²) >= 11 is 0. The molecule has 1 amide bonds. The Labute approximate surface area is 145 Å². The third-order valence-corrected chi connectivity index (χ3v) is 4.08.